The molecule has 0 fully saturated rings. The zero-order valence-corrected chi connectivity index (χ0v) is 13.2. The van der Waals surface area contributed by atoms with E-state index >= 15 is 0 Å². The van der Waals surface area contributed by atoms with Gasteiger partial charge in [0.1, 0.15) is 0 Å². The highest BCUT2D eigenvalue weighted by Crippen LogP contribution is 2.01. The summed E-state index contributed by atoms with van der Waals surface area (Å²) in [5, 5.41) is 0. The van der Waals surface area contributed by atoms with Gasteiger partial charge in [0.25, 0.3) is 0 Å². The average molecular weight is 291 g/mol. The number of hydrogen-bond donors (Lipinski definition) is 2. The van der Waals surface area contributed by atoms with Gasteiger partial charge in [-0.25, -0.2) is 0 Å². The van der Waals surface area contributed by atoms with Crippen LogP contribution in [0, 0.1) is 0 Å². The fourth-order valence-corrected chi connectivity index (χ4v) is 2.54. The first kappa shape index (κ1) is 17.6. The standard InChI is InChI=1S/C12H26N4S2/c1-3-7-17-9-5-15-11(13)12(14)16-6-10-18-8-4-2/h3-10H2,1-2H3,(H2,13,15)(H2,14,16). The van der Waals surface area contributed by atoms with Crippen molar-refractivity contribution >= 4 is 35.2 Å². The van der Waals surface area contributed by atoms with Gasteiger partial charge in [0.05, 0.1) is 13.1 Å². The molecule has 0 rings (SSSR count). The number of hydrogen-bond acceptors (Lipinski definition) is 4. The van der Waals surface area contributed by atoms with Crippen molar-refractivity contribution in [1.29, 1.82) is 0 Å². The van der Waals surface area contributed by atoms with E-state index in [1.807, 2.05) is 23.5 Å². The van der Waals surface area contributed by atoms with Gasteiger partial charge in [-0.05, 0) is 24.3 Å². The lowest BCUT2D eigenvalue weighted by Crippen LogP contribution is -2.32. The van der Waals surface area contributed by atoms with Crippen LogP contribution in [0.3, 0.4) is 0 Å². The molecule has 0 atom stereocenters. The molecule has 0 aliphatic carbocycles. The number of aliphatic imine (C=N–C) groups is 2. The van der Waals surface area contributed by atoms with Crippen LogP contribution in [0.5, 0.6) is 0 Å². The molecule has 6 heteroatoms. The molecule has 0 aromatic rings. The van der Waals surface area contributed by atoms with Crippen LogP contribution in [0.1, 0.15) is 26.7 Å². The Morgan fingerprint density at radius 1 is 0.778 bits per heavy atom. The largest absolute Gasteiger partial charge is 0.381 e. The topological polar surface area (TPSA) is 76.8 Å². The molecular formula is C12H26N4S2. The van der Waals surface area contributed by atoms with Crippen molar-refractivity contribution < 1.29 is 0 Å². The molecule has 4 N–H and O–H groups in total. The van der Waals surface area contributed by atoms with E-state index in [9.17, 15) is 0 Å². The highest BCUT2D eigenvalue weighted by atomic mass is 32.2. The van der Waals surface area contributed by atoms with Crippen molar-refractivity contribution in [2.45, 2.75) is 26.7 Å². The van der Waals surface area contributed by atoms with Crippen molar-refractivity contribution in [2.75, 3.05) is 36.1 Å². The minimum atomic E-state index is 0.382. The molecule has 0 aliphatic rings. The summed E-state index contributed by atoms with van der Waals surface area (Å²) in [7, 11) is 0. The maximum absolute atomic E-state index is 5.75. The van der Waals surface area contributed by atoms with Gasteiger partial charge in [0.15, 0.2) is 11.7 Å². The van der Waals surface area contributed by atoms with Crippen molar-refractivity contribution in [3.63, 3.8) is 0 Å². The lowest BCUT2D eigenvalue weighted by Gasteiger charge is -2.01. The summed E-state index contributed by atoms with van der Waals surface area (Å²) in [5.41, 5.74) is 11.5. The molecular weight excluding hydrogens is 264 g/mol. The highest BCUT2D eigenvalue weighted by Gasteiger charge is 1.98. The maximum Gasteiger partial charge on any atom is 0.161 e. The average Bonchev–Trinajstić information content (AvgIpc) is 2.37. The van der Waals surface area contributed by atoms with E-state index in [1.54, 1.807) is 0 Å². The molecule has 0 amide bonds. The monoisotopic (exact) mass is 290 g/mol. The molecule has 0 saturated carbocycles. The van der Waals surface area contributed by atoms with Crippen molar-refractivity contribution in [2.24, 2.45) is 21.5 Å². The Hall–Kier alpha value is -0.360. The van der Waals surface area contributed by atoms with Gasteiger partial charge in [-0.15, -0.1) is 0 Å². The summed E-state index contributed by atoms with van der Waals surface area (Å²) < 4.78 is 0. The number of nitrogens with two attached hydrogens (primary N) is 2. The summed E-state index contributed by atoms with van der Waals surface area (Å²) in [4.78, 5) is 8.44. The molecule has 0 heterocycles. The Balaban J connectivity index is 3.74. The van der Waals surface area contributed by atoms with Crippen LogP contribution < -0.4 is 11.5 Å². The summed E-state index contributed by atoms with van der Waals surface area (Å²) in [6.45, 7) is 5.78. The molecule has 0 unspecified atom stereocenters. The number of thioether (sulfide) groups is 2. The van der Waals surface area contributed by atoms with E-state index in [4.69, 9.17) is 11.5 Å². The second-order valence-electron chi connectivity index (χ2n) is 3.76. The fraction of sp³-hybridized carbons (Fsp3) is 0.833. The van der Waals surface area contributed by atoms with Gasteiger partial charge in [-0.3, -0.25) is 9.98 Å². The van der Waals surface area contributed by atoms with Crippen LogP contribution in [0.25, 0.3) is 0 Å². The second kappa shape index (κ2) is 13.1. The van der Waals surface area contributed by atoms with E-state index in [0.29, 0.717) is 11.7 Å². The molecule has 0 aromatic carbocycles. The van der Waals surface area contributed by atoms with Crippen LogP contribution in [0.15, 0.2) is 9.98 Å². The molecule has 0 radical (unpaired) electrons. The smallest absolute Gasteiger partial charge is 0.161 e. The van der Waals surface area contributed by atoms with Crippen LogP contribution >= 0.6 is 23.5 Å². The molecule has 0 aliphatic heterocycles. The molecule has 4 nitrogen and oxygen atoms in total. The highest BCUT2D eigenvalue weighted by molar-refractivity contribution is 7.99. The molecule has 0 aromatic heterocycles. The zero-order valence-electron chi connectivity index (χ0n) is 11.5. The number of nitrogens with zero attached hydrogens (tertiary/aromatic N) is 2. The summed E-state index contributed by atoms with van der Waals surface area (Å²) in [6.07, 6.45) is 2.39. The molecule has 0 saturated heterocycles. The second-order valence-corrected chi connectivity index (χ2v) is 6.21. The predicted octanol–water partition coefficient (Wildman–Crippen LogP) is 1.99. The van der Waals surface area contributed by atoms with Gasteiger partial charge < -0.3 is 11.5 Å². The lowest BCUT2D eigenvalue weighted by atomic mass is 10.5. The molecule has 0 spiro atoms. The molecule has 0 bridgehead atoms. The summed E-state index contributed by atoms with van der Waals surface area (Å²) in [6, 6.07) is 0. The van der Waals surface area contributed by atoms with Gasteiger partial charge in [0.2, 0.25) is 0 Å². The maximum atomic E-state index is 5.75. The Labute approximate surface area is 119 Å². The lowest BCUT2D eigenvalue weighted by molar-refractivity contribution is 1.08. The molecule has 18 heavy (non-hydrogen) atoms. The molecule has 106 valence electrons. The summed E-state index contributed by atoms with van der Waals surface area (Å²) in [5.74, 6) is 5.10. The van der Waals surface area contributed by atoms with Crippen LogP contribution in [0.2, 0.25) is 0 Å². The van der Waals surface area contributed by atoms with E-state index < -0.39 is 0 Å². The number of amidine groups is 2. The number of rotatable bonds is 10. The van der Waals surface area contributed by atoms with Crippen molar-refractivity contribution in [3.8, 4) is 0 Å². The van der Waals surface area contributed by atoms with Crippen LogP contribution in [0.4, 0.5) is 0 Å². The van der Waals surface area contributed by atoms with E-state index in [-0.39, 0.29) is 0 Å². The first-order valence-electron chi connectivity index (χ1n) is 6.48. The van der Waals surface area contributed by atoms with Crippen molar-refractivity contribution in [1.82, 2.24) is 0 Å². The minimum Gasteiger partial charge on any atom is -0.381 e. The first-order chi connectivity index (χ1) is 8.72. The normalized spacial score (nSPS) is 13.0. The fourth-order valence-electron chi connectivity index (χ4n) is 1.12. The van der Waals surface area contributed by atoms with Gasteiger partial charge >= 0.3 is 0 Å². The van der Waals surface area contributed by atoms with E-state index in [2.05, 4.69) is 23.8 Å². The van der Waals surface area contributed by atoms with Gasteiger partial charge in [-0.1, -0.05) is 13.8 Å². The Bertz CT molecular complexity index is 228. The Morgan fingerprint density at radius 3 is 1.50 bits per heavy atom. The van der Waals surface area contributed by atoms with Gasteiger partial charge in [0, 0.05) is 11.5 Å². The van der Waals surface area contributed by atoms with E-state index in [0.717, 1.165) is 24.6 Å². The quantitative estimate of drug-likeness (QED) is 0.366. The third-order valence-corrected chi connectivity index (χ3v) is 4.33. The van der Waals surface area contributed by atoms with Crippen LogP contribution in [-0.2, 0) is 0 Å². The van der Waals surface area contributed by atoms with Crippen molar-refractivity contribution in [3.05, 3.63) is 0 Å². The third-order valence-electron chi connectivity index (χ3n) is 1.99. The Kier molecular flexibility index (Phi) is 12.8. The SMILES string of the molecule is CCCSCCN=C(N)C(N)=NCCSCCC. The van der Waals surface area contributed by atoms with Crippen LogP contribution in [-0.4, -0.2) is 47.8 Å². The summed E-state index contributed by atoms with van der Waals surface area (Å²) >= 11 is 3.77. The van der Waals surface area contributed by atoms with Gasteiger partial charge in [-0.2, -0.15) is 23.5 Å². The zero-order chi connectivity index (χ0) is 13.6. The minimum absolute atomic E-state index is 0.382. The third kappa shape index (κ3) is 10.8. The Morgan fingerprint density at radius 2 is 1.17 bits per heavy atom. The van der Waals surface area contributed by atoms with E-state index in [1.165, 1.54) is 24.3 Å². The first-order valence-corrected chi connectivity index (χ1v) is 8.79. The predicted molar refractivity (Wildman–Crippen MR) is 88.2 cm³/mol.